The van der Waals surface area contributed by atoms with E-state index in [2.05, 4.69) is 53.6 Å². The molecule has 3 rings (SSSR count). The maximum atomic E-state index is 12.3. The fourth-order valence-electron chi connectivity index (χ4n) is 3.72. The van der Waals surface area contributed by atoms with Crippen molar-refractivity contribution in [3.63, 3.8) is 0 Å². The lowest BCUT2D eigenvalue weighted by Gasteiger charge is -2.06. The molecule has 1 N–H and O–H groups in total. The summed E-state index contributed by atoms with van der Waals surface area (Å²) in [5.74, 6) is 0.865. The molecule has 2 aromatic carbocycles. The molecule has 0 bridgehead atoms. The van der Waals surface area contributed by atoms with E-state index in [0.717, 1.165) is 30.8 Å². The van der Waals surface area contributed by atoms with Gasteiger partial charge in [-0.05, 0) is 66.6 Å². The van der Waals surface area contributed by atoms with Crippen LogP contribution in [0.2, 0.25) is 0 Å². The number of carbonyl (C=O) groups excluding carboxylic acids is 1. The van der Waals surface area contributed by atoms with Crippen LogP contribution >= 0.6 is 11.8 Å². The largest absolute Gasteiger partial charge is 0.494 e. The third-order valence-corrected chi connectivity index (χ3v) is 6.86. The molecule has 0 saturated carbocycles. The second kappa shape index (κ2) is 14.6. The topological polar surface area (TPSA) is 63.1 Å². The van der Waals surface area contributed by atoms with E-state index < -0.39 is 0 Å². The Kier molecular flexibility index (Phi) is 11.2. The molecule has 1 saturated heterocycles. The second-order valence-corrected chi connectivity index (χ2v) is 9.89. The standard InChI is InChI=1S/C28H37N3O2S/c1-3-5-7-8-9-19-33-25-17-15-24(16-18-25)21-29-31-28-30-27(32)26(34-28)20-23-13-11-22(12-14-23)10-6-4-2/h11-18,21,26H,3-10,19-20H2,1-2H3,(H,30,31,32)/b29-21-/t26-/m1/s1. The van der Waals surface area contributed by atoms with E-state index in [-0.39, 0.29) is 11.2 Å². The van der Waals surface area contributed by atoms with Crippen LogP contribution in [-0.4, -0.2) is 29.1 Å². The molecule has 0 radical (unpaired) electrons. The first-order valence-corrected chi connectivity index (χ1v) is 13.4. The number of amides is 1. The summed E-state index contributed by atoms with van der Waals surface area (Å²) in [6.45, 7) is 5.18. The van der Waals surface area contributed by atoms with Crippen molar-refractivity contribution < 1.29 is 9.53 Å². The number of nitrogens with one attached hydrogen (secondary N) is 1. The number of unbranched alkanes of at least 4 members (excludes halogenated alkanes) is 5. The first kappa shape index (κ1) is 26.0. The SMILES string of the molecule is CCCCCCCOc1ccc(/C=N\N=C2\NC(=O)[C@@H](Cc3ccc(CCCC)cc3)S2)cc1. The van der Waals surface area contributed by atoms with E-state index >= 15 is 0 Å². The number of amidine groups is 1. The molecule has 1 aliphatic rings. The number of benzene rings is 2. The summed E-state index contributed by atoms with van der Waals surface area (Å²) in [5, 5.41) is 11.6. The molecule has 1 atom stereocenters. The maximum Gasteiger partial charge on any atom is 0.239 e. The minimum Gasteiger partial charge on any atom is -0.494 e. The molecule has 0 spiro atoms. The predicted molar refractivity (Wildman–Crippen MR) is 144 cm³/mol. The monoisotopic (exact) mass is 479 g/mol. The number of carbonyl (C=O) groups is 1. The van der Waals surface area contributed by atoms with E-state index in [1.54, 1.807) is 6.21 Å². The minimum absolute atomic E-state index is 0.00907. The van der Waals surface area contributed by atoms with Crippen LogP contribution in [0.5, 0.6) is 5.75 Å². The number of thioether (sulfide) groups is 1. The first-order valence-electron chi connectivity index (χ1n) is 12.6. The third kappa shape index (κ3) is 8.98. The molecule has 6 heteroatoms. The summed E-state index contributed by atoms with van der Waals surface area (Å²) in [4.78, 5) is 12.3. The molecule has 0 aliphatic carbocycles. The summed E-state index contributed by atoms with van der Waals surface area (Å²) in [7, 11) is 0. The van der Waals surface area contributed by atoms with Crippen LogP contribution in [0.3, 0.4) is 0 Å². The summed E-state index contributed by atoms with van der Waals surface area (Å²) in [6.07, 6.45) is 12.0. The van der Waals surface area contributed by atoms with Gasteiger partial charge in [0.05, 0.1) is 18.1 Å². The number of ether oxygens (including phenoxy) is 1. The Labute approximate surface area is 208 Å². The predicted octanol–water partition coefficient (Wildman–Crippen LogP) is 6.54. The number of rotatable bonds is 14. The molecule has 0 unspecified atom stereocenters. The fourth-order valence-corrected chi connectivity index (χ4v) is 4.68. The van der Waals surface area contributed by atoms with Gasteiger partial charge in [-0.1, -0.05) is 82.0 Å². The van der Waals surface area contributed by atoms with Crippen LogP contribution in [0.4, 0.5) is 0 Å². The van der Waals surface area contributed by atoms with Crippen molar-refractivity contribution in [2.75, 3.05) is 6.61 Å². The van der Waals surface area contributed by atoms with Crippen LogP contribution in [-0.2, 0) is 17.6 Å². The van der Waals surface area contributed by atoms with Gasteiger partial charge in [0.25, 0.3) is 0 Å². The van der Waals surface area contributed by atoms with Gasteiger partial charge in [-0.2, -0.15) is 5.10 Å². The minimum atomic E-state index is -0.172. The quantitative estimate of drug-likeness (QED) is 0.190. The van der Waals surface area contributed by atoms with Gasteiger partial charge in [-0.15, -0.1) is 5.10 Å². The molecule has 2 aromatic rings. The van der Waals surface area contributed by atoms with Crippen LogP contribution in [0, 0.1) is 0 Å². The zero-order valence-electron chi connectivity index (χ0n) is 20.5. The average molecular weight is 480 g/mol. The summed E-state index contributed by atoms with van der Waals surface area (Å²) in [5.41, 5.74) is 3.46. The van der Waals surface area contributed by atoms with Crippen molar-refractivity contribution in [2.24, 2.45) is 10.2 Å². The lowest BCUT2D eigenvalue weighted by molar-refractivity contribution is -0.118. The molecule has 1 heterocycles. The normalized spacial score (nSPS) is 16.9. The highest BCUT2D eigenvalue weighted by Gasteiger charge is 2.30. The molecule has 34 heavy (non-hydrogen) atoms. The highest BCUT2D eigenvalue weighted by Crippen LogP contribution is 2.24. The highest BCUT2D eigenvalue weighted by atomic mass is 32.2. The lowest BCUT2D eigenvalue weighted by Crippen LogP contribution is -2.25. The number of hydrogen-bond acceptors (Lipinski definition) is 5. The molecular formula is C28H37N3O2S. The van der Waals surface area contributed by atoms with Gasteiger partial charge in [0.1, 0.15) is 5.75 Å². The van der Waals surface area contributed by atoms with Crippen LogP contribution in [0.1, 0.15) is 75.5 Å². The smallest absolute Gasteiger partial charge is 0.239 e. The van der Waals surface area contributed by atoms with E-state index in [0.29, 0.717) is 11.6 Å². The van der Waals surface area contributed by atoms with Crippen molar-refractivity contribution >= 4 is 29.1 Å². The molecule has 182 valence electrons. The second-order valence-electron chi connectivity index (χ2n) is 8.70. The van der Waals surface area contributed by atoms with Crippen molar-refractivity contribution in [3.05, 3.63) is 65.2 Å². The summed E-state index contributed by atoms with van der Waals surface area (Å²) < 4.78 is 5.80. The van der Waals surface area contributed by atoms with Gasteiger partial charge < -0.3 is 10.1 Å². The first-order chi connectivity index (χ1) is 16.7. The molecule has 5 nitrogen and oxygen atoms in total. The molecule has 0 aromatic heterocycles. The molecular weight excluding hydrogens is 442 g/mol. The van der Waals surface area contributed by atoms with Crippen molar-refractivity contribution in [1.29, 1.82) is 0 Å². The van der Waals surface area contributed by atoms with Gasteiger partial charge >= 0.3 is 0 Å². The van der Waals surface area contributed by atoms with E-state index in [1.165, 1.54) is 61.4 Å². The summed E-state index contributed by atoms with van der Waals surface area (Å²) in [6, 6.07) is 16.4. The number of aryl methyl sites for hydroxylation is 1. The Morgan fingerprint density at radius 2 is 1.62 bits per heavy atom. The zero-order valence-corrected chi connectivity index (χ0v) is 21.3. The third-order valence-electron chi connectivity index (χ3n) is 5.79. The average Bonchev–Trinajstić information content (AvgIpc) is 3.20. The van der Waals surface area contributed by atoms with Crippen LogP contribution in [0.25, 0.3) is 0 Å². The van der Waals surface area contributed by atoms with Gasteiger partial charge in [0, 0.05) is 0 Å². The molecule has 1 amide bonds. The van der Waals surface area contributed by atoms with Gasteiger partial charge in [0.15, 0.2) is 5.17 Å². The fraction of sp³-hybridized carbons (Fsp3) is 0.464. The Hall–Kier alpha value is -2.60. The lowest BCUT2D eigenvalue weighted by atomic mass is 10.0. The van der Waals surface area contributed by atoms with E-state index in [9.17, 15) is 4.79 Å². The van der Waals surface area contributed by atoms with Crippen LogP contribution < -0.4 is 10.1 Å². The Bertz CT molecular complexity index is 939. The van der Waals surface area contributed by atoms with Crippen molar-refractivity contribution in [3.8, 4) is 5.75 Å². The van der Waals surface area contributed by atoms with Crippen molar-refractivity contribution in [2.45, 2.75) is 76.9 Å². The Morgan fingerprint density at radius 3 is 2.35 bits per heavy atom. The van der Waals surface area contributed by atoms with Crippen molar-refractivity contribution in [1.82, 2.24) is 5.32 Å². The Morgan fingerprint density at radius 1 is 0.912 bits per heavy atom. The van der Waals surface area contributed by atoms with Crippen LogP contribution in [0.15, 0.2) is 58.7 Å². The van der Waals surface area contributed by atoms with E-state index in [1.807, 2.05) is 24.3 Å². The zero-order chi connectivity index (χ0) is 24.0. The summed E-state index contributed by atoms with van der Waals surface area (Å²) >= 11 is 1.44. The molecule has 1 fully saturated rings. The highest BCUT2D eigenvalue weighted by molar-refractivity contribution is 8.15. The van der Waals surface area contributed by atoms with Gasteiger partial charge in [-0.3, -0.25) is 4.79 Å². The van der Waals surface area contributed by atoms with E-state index in [4.69, 9.17) is 4.74 Å². The number of nitrogens with zero attached hydrogens (tertiary/aromatic N) is 2. The van der Waals surface area contributed by atoms with Gasteiger partial charge in [-0.25, -0.2) is 0 Å². The molecule has 1 aliphatic heterocycles. The Balaban J connectivity index is 1.43. The van der Waals surface area contributed by atoms with Gasteiger partial charge in [0.2, 0.25) is 5.91 Å². The number of hydrogen-bond donors (Lipinski definition) is 1. The maximum absolute atomic E-state index is 12.3.